The number of benzene rings is 2. The second-order valence-electron chi connectivity index (χ2n) is 8.08. The SMILES string of the molecule is Nc1nc(Cc2ccc(Cl)cc2)cc(C2CCN(C(=O)c3ccc4c(c3)OCO4)CC2)n1. The normalized spacial score (nSPS) is 15.7. The number of carbonyl (C=O) groups excluding carboxylic acids is 1. The summed E-state index contributed by atoms with van der Waals surface area (Å²) in [5, 5.41) is 0.707. The van der Waals surface area contributed by atoms with Gasteiger partial charge < -0.3 is 20.1 Å². The first kappa shape index (κ1) is 20.6. The Morgan fingerprint density at radius 1 is 1.03 bits per heavy atom. The molecule has 8 heteroatoms. The number of carbonyl (C=O) groups is 1. The molecular formula is C24H23ClN4O3. The number of piperidine rings is 1. The van der Waals surface area contributed by atoms with E-state index in [0.29, 0.717) is 41.6 Å². The van der Waals surface area contributed by atoms with Crippen LogP contribution in [0.15, 0.2) is 48.5 Å². The molecule has 1 aromatic heterocycles. The second kappa shape index (κ2) is 8.67. The molecule has 2 N–H and O–H groups in total. The number of nitrogens with two attached hydrogens (primary N) is 1. The highest BCUT2D eigenvalue weighted by Gasteiger charge is 2.27. The zero-order valence-electron chi connectivity index (χ0n) is 17.5. The first-order valence-corrected chi connectivity index (χ1v) is 11.0. The third kappa shape index (κ3) is 4.34. The predicted molar refractivity (Wildman–Crippen MR) is 121 cm³/mol. The van der Waals surface area contributed by atoms with Gasteiger partial charge in [-0.15, -0.1) is 0 Å². The number of anilines is 1. The third-order valence-corrected chi connectivity index (χ3v) is 6.19. The van der Waals surface area contributed by atoms with E-state index >= 15 is 0 Å². The molecule has 0 unspecified atom stereocenters. The highest BCUT2D eigenvalue weighted by Crippen LogP contribution is 2.34. The van der Waals surface area contributed by atoms with Gasteiger partial charge in [0.15, 0.2) is 11.5 Å². The third-order valence-electron chi connectivity index (χ3n) is 5.93. The van der Waals surface area contributed by atoms with Gasteiger partial charge in [0, 0.05) is 41.7 Å². The number of rotatable bonds is 4. The van der Waals surface area contributed by atoms with Crippen molar-refractivity contribution in [2.45, 2.75) is 25.2 Å². The number of nitrogen functional groups attached to an aromatic ring is 1. The number of fused-ring (bicyclic) bond motifs is 1. The molecule has 164 valence electrons. The Bertz CT molecular complexity index is 1140. The second-order valence-corrected chi connectivity index (χ2v) is 8.52. The maximum Gasteiger partial charge on any atom is 0.253 e. The zero-order valence-corrected chi connectivity index (χ0v) is 18.2. The summed E-state index contributed by atoms with van der Waals surface area (Å²) in [5.74, 6) is 1.83. The summed E-state index contributed by atoms with van der Waals surface area (Å²) in [4.78, 5) is 23.7. The van der Waals surface area contributed by atoms with Crippen molar-refractivity contribution >= 4 is 23.5 Å². The van der Waals surface area contributed by atoms with Gasteiger partial charge in [-0.3, -0.25) is 4.79 Å². The van der Waals surface area contributed by atoms with E-state index in [4.69, 9.17) is 26.8 Å². The van der Waals surface area contributed by atoms with Crippen molar-refractivity contribution < 1.29 is 14.3 Å². The van der Waals surface area contributed by atoms with Crippen LogP contribution in [0.1, 0.15) is 46.1 Å². The fourth-order valence-corrected chi connectivity index (χ4v) is 4.37. The average Bonchev–Trinajstić information content (AvgIpc) is 3.28. The summed E-state index contributed by atoms with van der Waals surface area (Å²) in [6, 6.07) is 15.1. The van der Waals surface area contributed by atoms with Gasteiger partial charge in [-0.05, 0) is 54.8 Å². The standard InChI is InChI=1S/C24H23ClN4O3/c25-18-4-1-15(2-5-18)11-19-13-20(28-24(26)27-19)16-7-9-29(10-8-16)23(30)17-3-6-21-22(12-17)32-14-31-21/h1-6,12-13,16H,7-11,14H2,(H2,26,27,28). The molecule has 3 heterocycles. The van der Waals surface area contributed by atoms with Gasteiger partial charge in [-0.1, -0.05) is 23.7 Å². The van der Waals surface area contributed by atoms with Crippen LogP contribution in [-0.4, -0.2) is 40.7 Å². The maximum atomic E-state index is 13.0. The quantitative estimate of drug-likeness (QED) is 0.644. The monoisotopic (exact) mass is 450 g/mol. The van der Waals surface area contributed by atoms with Gasteiger partial charge in [0.2, 0.25) is 12.7 Å². The lowest BCUT2D eigenvalue weighted by molar-refractivity contribution is 0.0711. The highest BCUT2D eigenvalue weighted by atomic mass is 35.5. The van der Waals surface area contributed by atoms with Crippen molar-refractivity contribution in [2.75, 3.05) is 25.6 Å². The predicted octanol–water partition coefficient (Wildman–Crippen LogP) is 4.05. The average molecular weight is 451 g/mol. The van der Waals surface area contributed by atoms with E-state index in [0.717, 1.165) is 29.8 Å². The Labute approximate surface area is 191 Å². The molecular weight excluding hydrogens is 428 g/mol. The number of amides is 1. The van der Waals surface area contributed by atoms with Crippen LogP contribution in [0, 0.1) is 0 Å². The van der Waals surface area contributed by atoms with Gasteiger partial charge >= 0.3 is 0 Å². The van der Waals surface area contributed by atoms with Crippen LogP contribution in [0.4, 0.5) is 5.95 Å². The van der Waals surface area contributed by atoms with E-state index in [-0.39, 0.29) is 24.6 Å². The molecule has 7 nitrogen and oxygen atoms in total. The van der Waals surface area contributed by atoms with Crippen molar-refractivity contribution in [3.8, 4) is 11.5 Å². The fraction of sp³-hybridized carbons (Fsp3) is 0.292. The van der Waals surface area contributed by atoms with Crippen LogP contribution in [0.5, 0.6) is 11.5 Å². The summed E-state index contributed by atoms with van der Waals surface area (Å²) < 4.78 is 10.7. The van der Waals surface area contributed by atoms with E-state index in [2.05, 4.69) is 9.97 Å². The van der Waals surface area contributed by atoms with Gasteiger partial charge in [-0.25, -0.2) is 9.97 Å². The molecule has 0 aliphatic carbocycles. The number of nitrogens with zero attached hydrogens (tertiary/aromatic N) is 3. The minimum absolute atomic E-state index is 0.00683. The summed E-state index contributed by atoms with van der Waals surface area (Å²) in [6.07, 6.45) is 2.32. The van der Waals surface area contributed by atoms with Crippen molar-refractivity contribution in [1.82, 2.24) is 14.9 Å². The molecule has 0 atom stereocenters. The van der Waals surface area contributed by atoms with Crippen molar-refractivity contribution in [2.24, 2.45) is 0 Å². The van der Waals surface area contributed by atoms with Crippen molar-refractivity contribution in [3.63, 3.8) is 0 Å². The van der Waals surface area contributed by atoms with Crippen LogP contribution >= 0.6 is 11.6 Å². The van der Waals surface area contributed by atoms with E-state index in [1.165, 1.54) is 0 Å². The number of likely N-dealkylation sites (tertiary alicyclic amines) is 1. The van der Waals surface area contributed by atoms with E-state index in [9.17, 15) is 4.79 Å². The fourth-order valence-electron chi connectivity index (χ4n) is 4.24. The van der Waals surface area contributed by atoms with Crippen LogP contribution in [-0.2, 0) is 6.42 Å². The smallest absolute Gasteiger partial charge is 0.253 e. The van der Waals surface area contributed by atoms with E-state index < -0.39 is 0 Å². The van der Waals surface area contributed by atoms with E-state index in [1.54, 1.807) is 18.2 Å². The Morgan fingerprint density at radius 2 is 1.78 bits per heavy atom. The van der Waals surface area contributed by atoms with E-state index in [1.807, 2.05) is 35.2 Å². The minimum Gasteiger partial charge on any atom is -0.454 e. The van der Waals surface area contributed by atoms with Crippen LogP contribution in [0.3, 0.4) is 0 Å². The van der Waals surface area contributed by atoms with Gasteiger partial charge in [0.25, 0.3) is 5.91 Å². The first-order valence-electron chi connectivity index (χ1n) is 10.6. The lowest BCUT2D eigenvalue weighted by Gasteiger charge is -2.32. The van der Waals surface area contributed by atoms with Crippen LogP contribution in [0.25, 0.3) is 0 Å². The Hall–Kier alpha value is -3.32. The summed E-state index contributed by atoms with van der Waals surface area (Å²) in [5.41, 5.74) is 9.56. The maximum absolute atomic E-state index is 13.0. The number of hydrogen-bond acceptors (Lipinski definition) is 6. The summed E-state index contributed by atoms with van der Waals surface area (Å²) >= 11 is 5.98. The minimum atomic E-state index is 0.00683. The number of hydrogen-bond donors (Lipinski definition) is 1. The Balaban J connectivity index is 1.25. The van der Waals surface area contributed by atoms with Crippen molar-refractivity contribution in [3.05, 3.63) is 76.1 Å². The number of aromatic nitrogens is 2. The molecule has 2 aliphatic rings. The Kier molecular flexibility index (Phi) is 5.57. The molecule has 2 aliphatic heterocycles. The molecule has 32 heavy (non-hydrogen) atoms. The largest absolute Gasteiger partial charge is 0.454 e. The molecule has 0 radical (unpaired) electrons. The zero-order chi connectivity index (χ0) is 22.1. The highest BCUT2D eigenvalue weighted by molar-refractivity contribution is 6.30. The molecule has 0 bridgehead atoms. The molecule has 3 aromatic rings. The lowest BCUT2D eigenvalue weighted by atomic mass is 9.92. The summed E-state index contributed by atoms with van der Waals surface area (Å²) in [7, 11) is 0. The van der Waals surface area contributed by atoms with Gasteiger partial charge in [-0.2, -0.15) is 0 Å². The van der Waals surface area contributed by atoms with Gasteiger partial charge in [0.1, 0.15) is 0 Å². The molecule has 0 spiro atoms. The molecule has 1 fully saturated rings. The summed E-state index contributed by atoms with van der Waals surface area (Å²) in [6.45, 7) is 1.52. The molecule has 0 saturated carbocycles. The molecule has 1 saturated heterocycles. The molecule has 1 amide bonds. The topological polar surface area (TPSA) is 90.6 Å². The van der Waals surface area contributed by atoms with Crippen LogP contribution < -0.4 is 15.2 Å². The van der Waals surface area contributed by atoms with Gasteiger partial charge in [0.05, 0.1) is 5.69 Å². The number of halogens is 1. The van der Waals surface area contributed by atoms with Crippen LogP contribution in [0.2, 0.25) is 5.02 Å². The lowest BCUT2D eigenvalue weighted by Crippen LogP contribution is -2.38. The first-order chi connectivity index (χ1) is 15.5. The van der Waals surface area contributed by atoms with Crippen molar-refractivity contribution in [1.29, 1.82) is 0 Å². The molecule has 5 rings (SSSR count). The Morgan fingerprint density at radius 3 is 2.56 bits per heavy atom. The number of ether oxygens (including phenoxy) is 2. The molecule has 2 aromatic carbocycles.